The van der Waals surface area contributed by atoms with Crippen molar-refractivity contribution in [1.82, 2.24) is 9.97 Å². The van der Waals surface area contributed by atoms with Crippen LogP contribution in [0, 0.1) is 0 Å². The molecule has 0 bridgehead atoms. The van der Waals surface area contributed by atoms with Gasteiger partial charge in [0, 0.05) is 17.4 Å². The van der Waals surface area contributed by atoms with Crippen LogP contribution >= 0.6 is 34.5 Å². The number of aromatic amines is 1. The largest absolute Gasteiger partial charge is 0.497 e. The molecule has 136 valence electrons. The number of rotatable bonds is 4. The van der Waals surface area contributed by atoms with E-state index in [1.165, 1.54) is 11.3 Å². The zero-order valence-corrected chi connectivity index (χ0v) is 16.6. The van der Waals surface area contributed by atoms with Gasteiger partial charge in [-0.2, -0.15) is 0 Å². The van der Waals surface area contributed by atoms with Crippen molar-refractivity contribution in [3.8, 4) is 16.9 Å². The maximum absolute atomic E-state index is 12.7. The highest BCUT2D eigenvalue weighted by Crippen LogP contribution is 2.34. The molecule has 2 heterocycles. The van der Waals surface area contributed by atoms with Crippen LogP contribution in [0.2, 0.25) is 10.0 Å². The predicted molar refractivity (Wildman–Crippen MR) is 111 cm³/mol. The van der Waals surface area contributed by atoms with Crippen molar-refractivity contribution >= 4 is 44.8 Å². The molecule has 7 heteroatoms. The van der Waals surface area contributed by atoms with E-state index in [0.29, 0.717) is 32.5 Å². The first-order valence-electron chi connectivity index (χ1n) is 8.14. The van der Waals surface area contributed by atoms with Crippen LogP contribution in [0.25, 0.3) is 21.3 Å². The van der Waals surface area contributed by atoms with Gasteiger partial charge in [0.2, 0.25) is 0 Å². The maximum atomic E-state index is 12.7. The smallest absolute Gasteiger partial charge is 0.260 e. The molecule has 0 atom stereocenters. The predicted octanol–water partition coefficient (Wildman–Crippen LogP) is 5.56. The molecular formula is C20H14Cl2N2O2S. The summed E-state index contributed by atoms with van der Waals surface area (Å²) in [4.78, 5) is 21.0. The van der Waals surface area contributed by atoms with Crippen LogP contribution in [-0.4, -0.2) is 17.1 Å². The molecule has 27 heavy (non-hydrogen) atoms. The highest BCUT2D eigenvalue weighted by molar-refractivity contribution is 7.17. The van der Waals surface area contributed by atoms with Gasteiger partial charge in [-0.05, 0) is 35.4 Å². The van der Waals surface area contributed by atoms with Crippen molar-refractivity contribution in [1.29, 1.82) is 0 Å². The fraction of sp³-hybridized carbons (Fsp3) is 0.100. The number of methoxy groups -OCH3 is 1. The minimum atomic E-state index is -0.161. The SMILES string of the molecule is COc1ccc(Cc2nc3scc(-c4ccc(Cl)c(Cl)c4)c3c(=O)[nH]2)cc1. The molecule has 4 rings (SSSR count). The standard InChI is InChI=1S/C20H14Cl2N2O2S/c1-26-13-5-2-11(3-6-13)8-17-23-19(25)18-14(10-27-20(18)24-17)12-4-7-15(21)16(22)9-12/h2-7,9-10H,8H2,1H3,(H,23,24,25). The van der Waals surface area contributed by atoms with Crippen molar-refractivity contribution in [3.63, 3.8) is 0 Å². The summed E-state index contributed by atoms with van der Waals surface area (Å²) in [7, 11) is 1.63. The Kier molecular flexibility index (Phi) is 4.91. The molecule has 0 aliphatic carbocycles. The zero-order valence-electron chi connectivity index (χ0n) is 14.3. The van der Waals surface area contributed by atoms with Crippen molar-refractivity contribution in [2.75, 3.05) is 7.11 Å². The van der Waals surface area contributed by atoms with Crippen molar-refractivity contribution < 1.29 is 4.74 Å². The Bertz CT molecular complexity index is 1180. The Morgan fingerprint density at radius 3 is 2.59 bits per heavy atom. The molecular weight excluding hydrogens is 403 g/mol. The fourth-order valence-corrected chi connectivity index (χ4v) is 4.15. The lowest BCUT2D eigenvalue weighted by molar-refractivity contribution is 0.414. The number of halogens is 2. The molecule has 0 aliphatic heterocycles. The first-order chi connectivity index (χ1) is 13.0. The van der Waals surface area contributed by atoms with Gasteiger partial charge in [-0.3, -0.25) is 4.79 Å². The van der Waals surface area contributed by atoms with E-state index in [0.717, 1.165) is 22.4 Å². The van der Waals surface area contributed by atoms with Crippen molar-refractivity contribution in [2.24, 2.45) is 0 Å². The summed E-state index contributed by atoms with van der Waals surface area (Å²) >= 11 is 13.5. The number of benzene rings is 2. The van der Waals surface area contributed by atoms with Crippen LogP contribution in [0.15, 0.2) is 52.6 Å². The molecule has 4 nitrogen and oxygen atoms in total. The second-order valence-electron chi connectivity index (χ2n) is 6.00. The van der Waals surface area contributed by atoms with Gasteiger partial charge in [-0.1, -0.05) is 41.4 Å². The van der Waals surface area contributed by atoms with Gasteiger partial charge in [0.05, 0.1) is 22.5 Å². The van der Waals surface area contributed by atoms with Crippen LogP contribution < -0.4 is 10.3 Å². The highest BCUT2D eigenvalue weighted by atomic mass is 35.5. The van der Waals surface area contributed by atoms with Gasteiger partial charge < -0.3 is 9.72 Å². The molecule has 1 N–H and O–H groups in total. The zero-order chi connectivity index (χ0) is 19.0. The topological polar surface area (TPSA) is 55.0 Å². The molecule has 4 aromatic rings. The minimum Gasteiger partial charge on any atom is -0.497 e. The normalized spacial score (nSPS) is 11.1. The average Bonchev–Trinajstić information content (AvgIpc) is 3.09. The van der Waals surface area contributed by atoms with Crippen LogP contribution in [0.5, 0.6) is 5.75 Å². The summed E-state index contributed by atoms with van der Waals surface area (Å²) < 4.78 is 5.17. The minimum absolute atomic E-state index is 0.161. The van der Waals surface area contributed by atoms with E-state index in [1.54, 1.807) is 19.2 Å². The third-order valence-electron chi connectivity index (χ3n) is 4.25. The quantitative estimate of drug-likeness (QED) is 0.473. The van der Waals surface area contributed by atoms with Gasteiger partial charge >= 0.3 is 0 Å². The highest BCUT2D eigenvalue weighted by Gasteiger charge is 2.14. The Morgan fingerprint density at radius 1 is 1.11 bits per heavy atom. The number of fused-ring (bicyclic) bond motifs is 1. The van der Waals surface area contributed by atoms with Crippen molar-refractivity contribution in [3.05, 3.63) is 79.6 Å². The Balaban J connectivity index is 1.72. The third kappa shape index (κ3) is 3.58. The Morgan fingerprint density at radius 2 is 1.89 bits per heavy atom. The van der Waals surface area contributed by atoms with Gasteiger partial charge in [-0.25, -0.2) is 4.98 Å². The van der Waals surface area contributed by atoms with Gasteiger partial charge in [0.25, 0.3) is 5.56 Å². The number of hydrogen-bond acceptors (Lipinski definition) is 4. The summed E-state index contributed by atoms with van der Waals surface area (Å²) in [5.74, 6) is 1.42. The molecule has 0 radical (unpaired) electrons. The van der Waals surface area contributed by atoms with E-state index in [-0.39, 0.29) is 5.56 Å². The number of hydrogen-bond donors (Lipinski definition) is 1. The van der Waals surface area contributed by atoms with E-state index in [2.05, 4.69) is 9.97 Å². The summed E-state index contributed by atoms with van der Waals surface area (Å²) in [6, 6.07) is 13.0. The number of aromatic nitrogens is 2. The fourth-order valence-electron chi connectivity index (χ4n) is 2.89. The van der Waals surface area contributed by atoms with Crippen LogP contribution in [0.3, 0.4) is 0 Å². The lowest BCUT2D eigenvalue weighted by atomic mass is 10.1. The molecule has 0 fully saturated rings. The van der Waals surface area contributed by atoms with Crippen LogP contribution in [0.1, 0.15) is 11.4 Å². The van der Waals surface area contributed by atoms with Gasteiger partial charge in [-0.15, -0.1) is 11.3 Å². The van der Waals surface area contributed by atoms with Crippen LogP contribution in [-0.2, 0) is 6.42 Å². The summed E-state index contributed by atoms with van der Waals surface area (Å²) in [6.07, 6.45) is 0.537. The third-order valence-corrected chi connectivity index (χ3v) is 5.87. The summed E-state index contributed by atoms with van der Waals surface area (Å²) in [5.41, 5.74) is 2.52. The van der Waals surface area contributed by atoms with E-state index in [9.17, 15) is 4.79 Å². The average molecular weight is 417 g/mol. The Labute approximate surface area is 169 Å². The number of ether oxygens (including phenoxy) is 1. The first-order valence-corrected chi connectivity index (χ1v) is 9.77. The molecule has 0 amide bonds. The summed E-state index contributed by atoms with van der Waals surface area (Å²) in [5, 5.41) is 3.42. The van der Waals surface area contributed by atoms with E-state index < -0.39 is 0 Å². The number of H-pyrrole nitrogens is 1. The second kappa shape index (κ2) is 7.35. The molecule has 2 aromatic carbocycles. The van der Waals surface area contributed by atoms with Gasteiger partial charge in [0.1, 0.15) is 16.4 Å². The number of nitrogens with zero attached hydrogens (tertiary/aromatic N) is 1. The molecule has 0 saturated carbocycles. The van der Waals surface area contributed by atoms with E-state index in [4.69, 9.17) is 27.9 Å². The summed E-state index contributed by atoms with van der Waals surface area (Å²) in [6.45, 7) is 0. The number of thiophene rings is 1. The number of nitrogens with one attached hydrogen (secondary N) is 1. The maximum Gasteiger partial charge on any atom is 0.260 e. The van der Waals surface area contributed by atoms with Crippen LogP contribution in [0.4, 0.5) is 0 Å². The van der Waals surface area contributed by atoms with Gasteiger partial charge in [0.15, 0.2) is 0 Å². The van der Waals surface area contributed by atoms with Crippen molar-refractivity contribution in [2.45, 2.75) is 6.42 Å². The van der Waals surface area contributed by atoms with E-state index in [1.807, 2.05) is 35.7 Å². The first kappa shape index (κ1) is 18.0. The van der Waals surface area contributed by atoms with E-state index >= 15 is 0 Å². The monoisotopic (exact) mass is 416 g/mol. The lowest BCUT2D eigenvalue weighted by Crippen LogP contribution is -2.11. The molecule has 2 aromatic heterocycles. The molecule has 0 unspecified atom stereocenters. The molecule has 0 aliphatic rings. The molecule has 0 spiro atoms. The Hall–Kier alpha value is -2.34. The lowest BCUT2D eigenvalue weighted by Gasteiger charge is -2.05. The second-order valence-corrected chi connectivity index (χ2v) is 7.67. The molecule has 0 saturated heterocycles.